The molecular formula is C26H28ClNO4. The Bertz CT molecular complexity index is 1130. The lowest BCUT2D eigenvalue weighted by atomic mass is 9.76. The predicted octanol–water partition coefficient (Wildman–Crippen LogP) is 5.16. The molecule has 5 nitrogen and oxygen atoms in total. The van der Waals surface area contributed by atoms with Gasteiger partial charge in [-0.05, 0) is 58.9 Å². The van der Waals surface area contributed by atoms with Crippen molar-refractivity contribution in [2.45, 2.75) is 25.4 Å². The quantitative estimate of drug-likeness (QED) is 0.578. The molecule has 0 amide bonds. The largest absolute Gasteiger partial charge is 0.504 e. The maximum absolute atomic E-state index is 10.5. The Morgan fingerprint density at radius 1 is 0.938 bits per heavy atom. The lowest BCUT2D eigenvalue weighted by Gasteiger charge is -2.42. The van der Waals surface area contributed by atoms with E-state index in [4.69, 9.17) is 14.2 Å². The van der Waals surface area contributed by atoms with Gasteiger partial charge in [-0.1, -0.05) is 30.3 Å². The smallest absolute Gasteiger partial charge is 0.168 e. The lowest BCUT2D eigenvalue weighted by molar-refractivity contribution is 0.173. The van der Waals surface area contributed by atoms with Crippen molar-refractivity contribution >= 4 is 12.4 Å². The molecule has 1 N–H and O–H groups in total. The number of rotatable bonds is 5. The van der Waals surface area contributed by atoms with E-state index in [-0.39, 0.29) is 24.2 Å². The molecule has 6 heteroatoms. The fraction of sp³-hybridized carbons (Fsp3) is 0.308. The minimum Gasteiger partial charge on any atom is -0.504 e. The van der Waals surface area contributed by atoms with Crippen LogP contribution in [-0.2, 0) is 19.4 Å². The third-order valence-corrected chi connectivity index (χ3v) is 6.55. The van der Waals surface area contributed by atoms with Gasteiger partial charge in [-0.2, -0.15) is 0 Å². The summed E-state index contributed by atoms with van der Waals surface area (Å²) in [4.78, 5) is 2.54. The summed E-state index contributed by atoms with van der Waals surface area (Å²) in [6.45, 7) is 1.86. The summed E-state index contributed by atoms with van der Waals surface area (Å²) in [6.07, 6.45) is 1.78. The fourth-order valence-corrected chi connectivity index (χ4v) is 5.14. The summed E-state index contributed by atoms with van der Waals surface area (Å²) in [7, 11) is 4.94. The summed E-state index contributed by atoms with van der Waals surface area (Å²) in [6, 6.07) is 16.7. The fourth-order valence-electron chi connectivity index (χ4n) is 5.14. The third-order valence-electron chi connectivity index (χ3n) is 6.55. The number of phenolic OH excluding ortho intramolecular Hbond substituents is 1. The van der Waals surface area contributed by atoms with Gasteiger partial charge in [0.1, 0.15) is 0 Å². The number of methoxy groups -OCH3 is 3. The summed E-state index contributed by atoms with van der Waals surface area (Å²) >= 11 is 0. The van der Waals surface area contributed by atoms with Crippen LogP contribution >= 0.6 is 12.4 Å². The van der Waals surface area contributed by atoms with Crippen molar-refractivity contribution in [2.75, 3.05) is 27.9 Å². The normalized spacial score (nSPS) is 16.4. The second-order valence-corrected chi connectivity index (χ2v) is 8.17. The summed E-state index contributed by atoms with van der Waals surface area (Å²) in [5.41, 5.74) is 7.10. The van der Waals surface area contributed by atoms with Crippen LogP contribution in [0.4, 0.5) is 0 Å². The van der Waals surface area contributed by atoms with Crippen LogP contribution in [0.1, 0.15) is 28.3 Å². The van der Waals surface area contributed by atoms with Crippen molar-refractivity contribution in [3.05, 3.63) is 70.8 Å². The molecule has 0 radical (unpaired) electrons. The van der Waals surface area contributed by atoms with E-state index in [1.54, 1.807) is 21.3 Å². The molecule has 1 atom stereocenters. The van der Waals surface area contributed by atoms with Crippen LogP contribution in [0.5, 0.6) is 23.0 Å². The van der Waals surface area contributed by atoms with E-state index in [9.17, 15) is 5.11 Å². The first-order chi connectivity index (χ1) is 15.1. The van der Waals surface area contributed by atoms with Gasteiger partial charge in [0.15, 0.2) is 23.0 Å². The molecule has 3 aromatic rings. The number of halogens is 1. The topological polar surface area (TPSA) is 51.2 Å². The number of fused-ring (bicyclic) bond motifs is 2. The van der Waals surface area contributed by atoms with Gasteiger partial charge in [-0.3, -0.25) is 4.90 Å². The number of hydrogen-bond donors (Lipinski definition) is 1. The number of aromatic hydroxyl groups is 1. The molecular weight excluding hydrogens is 426 g/mol. The molecule has 0 fully saturated rings. The van der Waals surface area contributed by atoms with Gasteiger partial charge in [0.25, 0.3) is 0 Å². The number of phenols is 1. The highest BCUT2D eigenvalue weighted by atomic mass is 35.5. The second-order valence-electron chi connectivity index (χ2n) is 8.17. The van der Waals surface area contributed by atoms with Gasteiger partial charge < -0.3 is 19.3 Å². The summed E-state index contributed by atoms with van der Waals surface area (Å²) in [5.74, 6) is 2.11. The highest BCUT2D eigenvalue weighted by molar-refractivity contribution is 5.85. The van der Waals surface area contributed by atoms with E-state index in [2.05, 4.69) is 41.3 Å². The molecule has 0 bridgehead atoms. The minimum absolute atomic E-state index is 0. The van der Waals surface area contributed by atoms with Gasteiger partial charge in [0.05, 0.1) is 21.3 Å². The Morgan fingerprint density at radius 2 is 1.69 bits per heavy atom. The van der Waals surface area contributed by atoms with E-state index in [0.717, 1.165) is 54.1 Å². The molecule has 0 aromatic heterocycles. The zero-order chi connectivity index (χ0) is 21.5. The van der Waals surface area contributed by atoms with Crippen molar-refractivity contribution in [1.29, 1.82) is 0 Å². The molecule has 32 heavy (non-hydrogen) atoms. The van der Waals surface area contributed by atoms with Crippen LogP contribution < -0.4 is 14.2 Å². The van der Waals surface area contributed by atoms with Crippen LogP contribution in [-0.4, -0.2) is 37.9 Å². The number of hydrogen-bond acceptors (Lipinski definition) is 5. The molecule has 5 rings (SSSR count). The molecule has 1 aliphatic carbocycles. The first kappa shape index (κ1) is 22.3. The maximum Gasteiger partial charge on any atom is 0.168 e. The Hall–Kier alpha value is -2.89. The summed E-state index contributed by atoms with van der Waals surface area (Å²) in [5, 5.41) is 10.5. The predicted molar refractivity (Wildman–Crippen MR) is 127 cm³/mol. The lowest BCUT2D eigenvalue weighted by Crippen LogP contribution is -2.38. The molecule has 0 spiro atoms. The number of ether oxygens (including phenoxy) is 3. The van der Waals surface area contributed by atoms with Crippen molar-refractivity contribution < 1.29 is 19.3 Å². The van der Waals surface area contributed by atoms with E-state index in [1.807, 2.05) is 12.1 Å². The van der Waals surface area contributed by atoms with Crippen molar-refractivity contribution in [3.8, 4) is 34.1 Å². The van der Waals surface area contributed by atoms with Crippen molar-refractivity contribution in [3.63, 3.8) is 0 Å². The average molecular weight is 454 g/mol. The minimum atomic E-state index is 0. The molecule has 0 saturated heterocycles. The van der Waals surface area contributed by atoms with E-state index in [1.165, 1.54) is 16.7 Å². The monoisotopic (exact) mass is 453 g/mol. The van der Waals surface area contributed by atoms with Crippen LogP contribution in [0.2, 0.25) is 0 Å². The zero-order valence-electron chi connectivity index (χ0n) is 18.6. The second kappa shape index (κ2) is 8.93. The molecule has 0 unspecified atom stereocenters. The maximum atomic E-state index is 10.5. The van der Waals surface area contributed by atoms with Crippen LogP contribution in [0.15, 0.2) is 48.5 Å². The molecule has 2 aliphatic rings. The highest BCUT2D eigenvalue weighted by Crippen LogP contribution is 2.54. The number of nitrogens with zero attached hydrogens (tertiary/aromatic N) is 1. The Labute approximate surface area is 195 Å². The Kier molecular flexibility index (Phi) is 6.22. The van der Waals surface area contributed by atoms with E-state index < -0.39 is 0 Å². The van der Waals surface area contributed by atoms with Crippen LogP contribution in [0.25, 0.3) is 11.1 Å². The van der Waals surface area contributed by atoms with E-state index in [0.29, 0.717) is 5.75 Å². The Balaban J connectivity index is 0.00000245. The first-order valence-electron chi connectivity index (χ1n) is 10.6. The first-order valence-corrected chi connectivity index (χ1v) is 10.6. The van der Waals surface area contributed by atoms with Gasteiger partial charge in [-0.25, -0.2) is 0 Å². The molecule has 1 heterocycles. The van der Waals surface area contributed by atoms with Crippen LogP contribution in [0.3, 0.4) is 0 Å². The van der Waals surface area contributed by atoms with Gasteiger partial charge in [0, 0.05) is 24.7 Å². The van der Waals surface area contributed by atoms with E-state index >= 15 is 0 Å². The Morgan fingerprint density at radius 3 is 2.38 bits per heavy atom. The van der Waals surface area contributed by atoms with Crippen LogP contribution in [0, 0.1) is 0 Å². The van der Waals surface area contributed by atoms with Gasteiger partial charge in [-0.15, -0.1) is 12.4 Å². The molecule has 168 valence electrons. The standard InChI is InChI=1S/C26H27NO4.ClH/c1-29-22-14-19-18(12-21(22)28)11-20-24-17(13-23(30-2)26(31-3)25(19)24)9-10-27(20)15-16-7-5-4-6-8-16;/h4-8,12-14,20,28H,9-11,15H2,1-3H3;1H/t20-;/m0./s1. The molecule has 0 saturated carbocycles. The number of benzene rings is 3. The molecule has 3 aromatic carbocycles. The van der Waals surface area contributed by atoms with Crippen molar-refractivity contribution in [2.24, 2.45) is 0 Å². The SMILES string of the molecule is COc1cc2c(cc1O)C[C@H]1c3c(cc(OC)c(OC)c3-2)CCN1Cc1ccccc1.Cl. The molecule has 1 aliphatic heterocycles. The van der Waals surface area contributed by atoms with Crippen molar-refractivity contribution in [1.82, 2.24) is 4.90 Å². The highest BCUT2D eigenvalue weighted by Gasteiger charge is 2.38. The third kappa shape index (κ3) is 3.55. The van der Waals surface area contributed by atoms with Gasteiger partial charge in [0.2, 0.25) is 0 Å². The average Bonchev–Trinajstić information content (AvgIpc) is 2.80. The van der Waals surface area contributed by atoms with Gasteiger partial charge >= 0.3 is 0 Å². The summed E-state index contributed by atoms with van der Waals surface area (Å²) < 4.78 is 17.0. The zero-order valence-corrected chi connectivity index (χ0v) is 19.4.